The summed E-state index contributed by atoms with van der Waals surface area (Å²) in [5.41, 5.74) is 1.10. The van der Waals surface area contributed by atoms with Gasteiger partial charge in [-0.05, 0) is 24.1 Å². The molecular formula is C14H17ClN2O2. The molecule has 1 aromatic carbocycles. The average molecular weight is 281 g/mol. The Kier molecular flexibility index (Phi) is 3.37. The summed E-state index contributed by atoms with van der Waals surface area (Å²) in [5.74, 6) is 0.425. The molecule has 102 valence electrons. The molecule has 2 aliphatic heterocycles. The maximum Gasteiger partial charge on any atom is 0.222 e. The molecule has 1 atom stereocenters. The van der Waals surface area contributed by atoms with E-state index >= 15 is 0 Å². The van der Waals surface area contributed by atoms with Crippen molar-refractivity contribution in [1.82, 2.24) is 9.80 Å². The van der Waals surface area contributed by atoms with E-state index in [1.54, 1.807) is 6.07 Å². The standard InChI is InChI=1S/C14H17ClN2O2/c15-12-7-10(1-3-13(12)18)8-16-5-6-17-11(9-16)2-4-14(17)19/h1,3,7,11,18H,2,4-6,8-9H2. The molecule has 2 saturated heterocycles. The van der Waals surface area contributed by atoms with E-state index in [2.05, 4.69) is 4.90 Å². The first-order valence-electron chi connectivity index (χ1n) is 6.63. The van der Waals surface area contributed by atoms with Crippen LogP contribution in [0.5, 0.6) is 5.75 Å². The van der Waals surface area contributed by atoms with Crippen LogP contribution < -0.4 is 0 Å². The zero-order valence-electron chi connectivity index (χ0n) is 10.7. The molecule has 19 heavy (non-hydrogen) atoms. The van der Waals surface area contributed by atoms with Crippen molar-refractivity contribution in [2.45, 2.75) is 25.4 Å². The van der Waals surface area contributed by atoms with Gasteiger partial charge in [0.2, 0.25) is 5.91 Å². The van der Waals surface area contributed by atoms with Crippen LogP contribution >= 0.6 is 11.6 Å². The number of benzene rings is 1. The summed E-state index contributed by atoms with van der Waals surface area (Å²) in [6, 6.07) is 5.72. The third kappa shape index (κ3) is 2.55. The third-order valence-corrected chi connectivity index (χ3v) is 4.30. The molecule has 0 radical (unpaired) electrons. The van der Waals surface area contributed by atoms with Gasteiger partial charge in [-0.25, -0.2) is 0 Å². The second-order valence-electron chi connectivity index (χ2n) is 5.30. The van der Waals surface area contributed by atoms with Crippen LogP contribution in [0.25, 0.3) is 0 Å². The highest BCUT2D eigenvalue weighted by Gasteiger charge is 2.35. The molecule has 1 unspecified atom stereocenters. The van der Waals surface area contributed by atoms with Gasteiger partial charge in [0.15, 0.2) is 0 Å². The van der Waals surface area contributed by atoms with E-state index in [-0.39, 0.29) is 5.75 Å². The Morgan fingerprint density at radius 3 is 3.00 bits per heavy atom. The number of carbonyl (C=O) groups excluding carboxylic acids is 1. The lowest BCUT2D eigenvalue weighted by molar-refractivity contribution is -0.130. The Bertz CT molecular complexity index is 506. The van der Waals surface area contributed by atoms with Gasteiger partial charge in [-0.1, -0.05) is 17.7 Å². The molecule has 2 fully saturated rings. The Labute approximate surface area is 117 Å². The largest absolute Gasteiger partial charge is 0.506 e. The summed E-state index contributed by atoms with van der Waals surface area (Å²) >= 11 is 5.92. The lowest BCUT2D eigenvalue weighted by atomic mass is 10.1. The Balaban J connectivity index is 1.65. The summed E-state index contributed by atoms with van der Waals surface area (Å²) < 4.78 is 0. The lowest BCUT2D eigenvalue weighted by Gasteiger charge is -2.37. The number of halogens is 1. The third-order valence-electron chi connectivity index (χ3n) is 4.00. The van der Waals surface area contributed by atoms with Crippen molar-refractivity contribution in [1.29, 1.82) is 0 Å². The van der Waals surface area contributed by atoms with Crippen molar-refractivity contribution in [3.63, 3.8) is 0 Å². The second kappa shape index (κ2) is 5.02. The fraction of sp³-hybridized carbons (Fsp3) is 0.500. The molecule has 1 amide bonds. The van der Waals surface area contributed by atoms with Gasteiger partial charge in [0.05, 0.1) is 5.02 Å². The minimum absolute atomic E-state index is 0.122. The van der Waals surface area contributed by atoms with Crippen LogP contribution in [-0.4, -0.2) is 46.5 Å². The van der Waals surface area contributed by atoms with Crippen LogP contribution in [-0.2, 0) is 11.3 Å². The number of amides is 1. The summed E-state index contributed by atoms with van der Waals surface area (Å²) in [6.07, 6.45) is 1.68. The van der Waals surface area contributed by atoms with Crippen molar-refractivity contribution in [3.8, 4) is 5.75 Å². The monoisotopic (exact) mass is 280 g/mol. The predicted molar refractivity (Wildman–Crippen MR) is 73.1 cm³/mol. The number of phenolic OH excluding ortho intramolecular Hbond substituents is 1. The highest BCUT2D eigenvalue weighted by molar-refractivity contribution is 6.32. The molecule has 0 spiro atoms. The summed E-state index contributed by atoms with van der Waals surface area (Å²) in [7, 11) is 0. The van der Waals surface area contributed by atoms with Crippen molar-refractivity contribution in [3.05, 3.63) is 28.8 Å². The number of nitrogens with zero attached hydrogens (tertiary/aromatic N) is 2. The Hall–Kier alpha value is -1.26. The number of carbonyl (C=O) groups is 1. The summed E-state index contributed by atoms with van der Waals surface area (Å²) in [5, 5.41) is 9.81. The quantitative estimate of drug-likeness (QED) is 0.899. The van der Waals surface area contributed by atoms with E-state index in [1.807, 2.05) is 17.0 Å². The number of rotatable bonds is 2. The van der Waals surface area contributed by atoms with Gasteiger partial charge < -0.3 is 10.0 Å². The van der Waals surface area contributed by atoms with Crippen molar-refractivity contribution in [2.75, 3.05) is 19.6 Å². The maximum absolute atomic E-state index is 11.6. The van der Waals surface area contributed by atoms with Gasteiger partial charge in [0.1, 0.15) is 5.75 Å². The van der Waals surface area contributed by atoms with Crippen LogP contribution in [0.4, 0.5) is 0 Å². The van der Waals surface area contributed by atoms with E-state index in [0.29, 0.717) is 23.4 Å². The molecule has 1 aromatic rings. The first-order chi connectivity index (χ1) is 9.13. The molecule has 2 heterocycles. The van der Waals surface area contributed by atoms with Crippen LogP contribution in [0.1, 0.15) is 18.4 Å². The normalized spacial score (nSPS) is 23.7. The molecule has 0 saturated carbocycles. The van der Waals surface area contributed by atoms with Crippen LogP contribution in [0.2, 0.25) is 5.02 Å². The van der Waals surface area contributed by atoms with E-state index < -0.39 is 0 Å². The van der Waals surface area contributed by atoms with Crippen molar-refractivity contribution < 1.29 is 9.90 Å². The van der Waals surface area contributed by atoms with Crippen molar-refractivity contribution >= 4 is 17.5 Å². The zero-order chi connectivity index (χ0) is 13.4. The van der Waals surface area contributed by atoms with E-state index in [0.717, 1.165) is 38.2 Å². The van der Waals surface area contributed by atoms with Gasteiger partial charge in [0.25, 0.3) is 0 Å². The molecule has 0 bridgehead atoms. The molecule has 2 aliphatic rings. The number of aromatic hydroxyl groups is 1. The maximum atomic E-state index is 11.6. The topological polar surface area (TPSA) is 43.8 Å². The average Bonchev–Trinajstić information content (AvgIpc) is 2.75. The summed E-state index contributed by atoms with van der Waals surface area (Å²) in [4.78, 5) is 16.0. The van der Waals surface area contributed by atoms with E-state index in [1.165, 1.54) is 0 Å². The van der Waals surface area contributed by atoms with Gasteiger partial charge in [0, 0.05) is 38.6 Å². The van der Waals surface area contributed by atoms with Crippen LogP contribution in [0.3, 0.4) is 0 Å². The zero-order valence-corrected chi connectivity index (χ0v) is 11.4. The number of fused-ring (bicyclic) bond motifs is 1. The number of phenols is 1. The summed E-state index contributed by atoms with van der Waals surface area (Å²) in [6.45, 7) is 3.48. The SMILES string of the molecule is O=C1CCC2CN(Cc3ccc(O)c(Cl)c3)CCN12. The van der Waals surface area contributed by atoms with E-state index in [4.69, 9.17) is 11.6 Å². The smallest absolute Gasteiger partial charge is 0.222 e. The highest BCUT2D eigenvalue weighted by atomic mass is 35.5. The van der Waals surface area contributed by atoms with Gasteiger partial charge in [-0.15, -0.1) is 0 Å². The van der Waals surface area contributed by atoms with E-state index in [9.17, 15) is 9.90 Å². The van der Waals surface area contributed by atoms with Gasteiger partial charge >= 0.3 is 0 Å². The lowest BCUT2D eigenvalue weighted by Crippen LogP contribution is -2.50. The number of hydrogen-bond acceptors (Lipinski definition) is 3. The molecule has 5 heteroatoms. The number of hydrogen-bond donors (Lipinski definition) is 1. The second-order valence-corrected chi connectivity index (χ2v) is 5.71. The molecule has 4 nitrogen and oxygen atoms in total. The minimum Gasteiger partial charge on any atom is -0.506 e. The Morgan fingerprint density at radius 2 is 2.21 bits per heavy atom. The van der Waals surface area contributed by atoms with Crippen molar-refractivity contribution in [2.24, 2.45) is 0 Å². The van der Waals surface area contributed by atoms with Crippen LogP contribution in [0, 0.1) is 0 Å². The molecule has 0 aliphatic carbocycles. The van der Waals surface area contributed by atoms with Crippen LogP contribution in [0.15, 0.2) is 18.2 Å². The Morgan fingerprint density at radius 1 is 1.37 bits per heavy atom. The minimum atomic E-state index is 0.122. The molecular weight excluding hydrogens is 264 g/mol. The number of piperazine rings is 1. The first kappa shape index (κ1) is 12.8. The fourth-order valence-electron chi connectivity index (χ4n) is 2.98. The van der Waals surface area contributed by atoms with Gasteiger partial charge in [-0.2, -0.15) is 0 Å². The first-order valence-corrected chi connectivity index (χ1v) is 7.00. The molecule has 1 N–H and O–H groups in total. The van der Waals surface area contributed by atoms with Gasteiger partial charge in [-0.3, -0.25) is 9.69 Å². The highest BCUT2D eigenvalue weighted by Crippen LogP contribution is 2.26. The predicted octanol–water partition coefficient (Wildman–Crippen LogP) is 1.85. The molecule has 0 aromatic heterocycles. The molecule has 3 rings (SSSR count). The fourth-order valence-corrected chi connectivity index (χ4v) is 3.18.